The lowest BCUT2D eigenvalue weighted by Gasteiger charge is -2.07. The average molecular weight is 417 g/mol. The summed E-state index contributed by atoms with van der Waals surface area (Å²) in [4.78, 5) is 24.5. The maximum atomic E-state index is 12.6. The molecule has 134 valence electrons. The first-order valence-corrected chi connectivity index (χ1v) is 8.59. The standard InChI is InChI=1S/C17H17BrN6O2/c1-19-17(26)15-14(10-23(2)22-15)21-16(25)12-5-3-4-11(6-12)8-24-9-13(18)7-20-24/h3-7,9-10H,8H2,1-2H3,(H,19,26)(H,21,25). The lowest BCUT2D eigenvalue weighted by Crippen LogP contribution is -2.21. The SMILES string of the molecule is CNC(=O)c1nn(C)cc1NC(=O)c1cccc(Cn2cc(Br)cn2)c1. The molecule has 0 radical (unpaired) electrons. The third-order valence-corrected chi connectivity index (χ3v) is 4.06. The van der Waals surface area contributed by atoms with Gasteiger partial charge in [-0.05, 0) is 33.6 Å². The van der Waals surface area contributed by atoms with E-state index < -0.39 is 0 Å². The quantitative estimate of drug-likeness (QED) is 0.665. The van der Waals surface area contributed by atoms with Gasteiger partial charge in [-0.3, -0.25) is 19.0 Å². The van der Waals surface area contributed by atoms with Crippen LogP contribution in [0.4, 0.5) is 5.69 Å². The average Bonchev–Trinajstić information content (AvgIpc) is 3.19. The largest absolute Gasteiger partial charge is 0.354 e. The molecular weight excluding hydrogens is 400 g/mol. The summed E-state index contributed by atoms with van der Waals surface area (Å²) in [6.45, 7) is 0.545. The van der Waals surface area contributed by atoms with Crippen LogP contribution in [0.25, 0.3) is 0 Å². The van der Waals surface area contributed by atoms with Crippen molar-refractivity contribution < 1.29 is 9.59 Å². The number of aromatic nitrogens is 4. The summed E-state index contributed by atoms with van der Waals surface area (Å²) in [5.74, 6) is -0.675. The molecule has 8 nitrogen and oxygen atoms in total. The number of benzene rings is 1. The summed E-state index contributed by atoms with van der Waals surface area (Å²) in [7, 11) is 3.20. The van der Waals surface area contributed by atoms with Gasteiger partial charge in [-0.25, -0.2) is 0 Å². The van der Waals surface area contributed by atoms with Crippen LogP contribution in [-0.2, 0) is 13.6 Å². The minimum Gasteiger partial charge on any atom is -0.354 e. The van der Waals surface area contributed by atoms with Gasteiger partial charge in [0.25, 0.3) is 11.8 Å². The lowest BCUT2D eigenvalue weighted by atomic mass is 10.1. The van der Waals surface area contributed by atoms with E-state index in [0.29, 0.717) is 17.8 Å². The highest BCUT2D eigenvalue weighted by molar-refractivity contribution is 9.10. The third kappa shape index (κ3) is 3.99. The number of rotatable bonds is 5. The van der Waals surface area contributed by atoms with Crippen molar-refractivity contribution in [2.75, 3.05) is 12.4 Å². The van der Waals surface area contributed by atoms with E-state index in [9.17, 15) is 9.59 Å². The first-order valence-electron chi connectivity index (χ1n) is 7.80. The molecule has 26 heavy (non-hydrogen) atoms. The third-order valence-electron chi connectivity index (χ3n) is 3.65. The summed E-state index contributed by atoms with van der Waals surface area (Å²) < 4.78 is 4.14. The molecule has 0 aliphatic carbocycles. The molecule has 2 amide bonds. The predicted octanol–water partition coefficient (Wildman–Crippen LogP) is 2.04. The molecule has 0 aliphatic rings. The van der Waals surface area contributed by atoms with Crippen molar-refractivity contribution in [3.05, 3.63) is 64.1 Å². The van der Waals surface area contributed by atoms with Gasteiger partial charge in [0.1, 0.15) is 0 Å². The number of nitrogens with one attached hydrogen (secondary N) is 2. The Balaban J connectivity index is 1.78. The predicted molar refractivity (Wildman–Crippen MR) is 100 cm³/mol. The Morgan fingerprint density at radius 3 is 2.73 bits per heavy atom. The molecule has 3 aromatic rings. The minimum absolute atomic E-state index is 0.167. The number of hydrogen-bond donors (Lipinski definition) is 2. The number of anilines is 1. The van der Waals surface area contributed by atoms with Gasteiger partial charge in [-0.15, -0.1) is 0 Å². The van der Waals surface area contributed by atoms with Crippen LogP contribution in [-0.4, -0.2) is 38.4 Å². The molecule has 0 fully saturated rings. The number of hydrogen-bond acceptors (Lipinski definition) is 4. The van der Waals surface area contributed by atoms with Crippen molar-refractivity contribution >= 4 is 33.4 Å². The Kier molecular flexibility index (Phi) is 5.17. The van der Waals surface area contributed by atoms with Crippen LogP contribution in [0.5, 0.6) is 0 Å². The second kappa shape index (κ2) is 7.52. The topological polar surface area (TPSA) is 93.8 Å². The van der Waals surface area contributed by atoms with Crippen molar-refractivity contribution in [1.29, 1.82) is 0 Å². The van der Waals surface area contributed by atoms with Crippen molar-refractivity contribution in [2.24, 2.45) is 7.05 Å². The highest BCUT2D eigenvalue weighted by Gasteiger charge is 2.17. The Morgan fingerprint density at radius 1 is 1.23 bits per heavy atom. The van der Waals surface area contributed by atoms with Crippen molar-refractivity contribution in [3.8, 4) is 0 Å². The maximum Gasteiger partial charge on any atom is 0.273 e. The molecular formula is C17H17BrN6O2. The first-order chi connectivity index (χ1) is 12.5. The van der Waals surface area contributed by atoms with E-state index in [4.69, 9.17) is 0 Å². The van der Waals surface area contributed by atoms with Crippen LogP contribution in [0.3, 0.4) is 0 Å². The van der Waals surface area contributed by atoms with Crippen LogP contribution in [0.2, 0.25) is 0 Å². The van der Waals surface area contributed by atoms with Crippen molar-refractivity contribution in [3.63, 3.8) is 0 Å². The fourth-order valence-electron chi connectivity index (χ4n) is 2.48. The number of nitrogens with zero attached hydrogens (tertiary/aromatic N) is 4. The Morgan fingerprint density at radius 2 is 2.04 bits per heavy atom. The van der Waals surface area contributed by atoms with Gasteiger partial charge in [0, 0.05) is 32.1 Å². The molecule has 0 saturated heterocycles. The molecule has 0 spiro atoms. The number of carbonyl (C=O) groups excluding carboxylic acids is 2. The fourth-order valence-corrected chi connectivity index (χ4v) is 2.81. The molecule has 0 atom stereocenters. The van der Waals surface area contributed by atoms with Gasteiger partial charge in [-0.1, -0.05) is 12.1 Å². The van der Waals surface area contributed by atoms with Crippen LogP contribution in [0.15, 0.2) is 47.3 Å². The molecule has 3 rings (SSSR count). The highest BCUT2D eigenvalue weighted by Crippen LogP contribution is 2.16. The monoisotopic (exact) mass is 416 g/mol. The molecule has 9 heteroatoms. The van der Waals surface area contributed by atoms with E-state index in [2.05, 4.69) is 36.8 Å². The normalized spacial score (nSPS) is 10.6. The van der Waals surface area contributed by atoms with Gasteiger partial charge >= 0.3 is 0 Å². The zero-order valence-electron chi connectivity index (χ0n) is 14.2. The second-order valence-electron chi connectivity index (χ2n) is 5.65. The Hall–Kier alpha value is -2.94. The van der Waals surface area contributed by atoms with E-state index in [-0.39, 0.29) is 17.5 Å². The number of aryl methyl sites for hydroxylation is 1. The Bertz CT molecular complexity index is 962. The van der Waals surface area contributed by atoms with E-state index in [1.54, 1.807) is 36.3 Å². The van der Waals surface area contributed by atoms with Gasteiger partial charge in [0.15, 0.2) is 5.69 Å². The summed E-state index contributed by atoms with van der Waals surface area (Å²) in [6, 6.07) is 7.24. The molecule has 0 unspecified atom stereocenters. The molecule has 2 heterocycles. The molecule has 0 aliphatic heterocycles. The molecule has 0 bridgehead atoms. The highest BCUT2D eigenvalue weighted by atomic mass is 79.9. The van der Waals surface area contributed by atoms with E-state index in [0.717, 1.165) is 10.0 Å². The van der Waals surface area contributed by atoms with Crippen LogP contribution >= 0.6 is 15.9 Å². The lowest BCUT2D eigenvalue weighted by molar-refractivity contribution is 0.0958. The number of halogens is 1. The molecule has 2 N–H and O–H groups in total. The van der Waals surface area contributed by atoms with E-state index >= 15 is 0 Å². The number of carbonyl (C=O) groups is 2. The first kappa shape index (κ1) is 17.9. The zero-order valence-corrected chi connectivity index (χ0v) is 15.8. The van der Waals surface area contributed by atoms with Gasteiger partial charge in [-0.2, -0.15) is 10.2 Å². The van der Waals surface area contributed by atoms with Crippen molar-refractivity contribution in [2.45, 2.75) is 6.54 Å². The molecule has 0 saturated carbocycles. The smallest absolute Gasteiger partial charge is 0.273 e. The van der Waals surface area contributed by atoms with Gasteiger partial charge < -0.3 is 10.6 Å². The van der Waals surface area contributed by atoms with E-state index in [1.165, 1.54) is 11.7 Å². The van der Waals surface area contributed by atoms with Crippen LogP contribution in [0, 0.1) is 0 Å². The zero-order chi connectivity index (χ0) is 18.7. The molecule has 2 aromatic heterocycles. The van der Waals surface area contributed by atoms with E-state index in [1.807, 2.05) is 18.3 Å². The van der Waals surface area contributed by atoms with Crippen LogP contribution in [0.1, 0.15) is 26.4 Å². The summed E-state index contributed by atoms with van der Waals surface area (Å²) in [5, 5.41) is 13.5. The minimum atomic E-state index is -0.362. The summed E-state index contributed by atoms with van der Waals surface area (Å²) in [6.07, 6.45) is 5.16. The fraction of sp³-hybridized carbons (Fsp3) is 0.176. The van der Waals surface area contributed by atoms with Crippen molar-refractivity contribution in [1.82, 2.24) is 24.9 Å². The van der Waals surface area contributed by atoms with Crippen LogP contribution < -0.4 is 10.6 Å². The van der Waals surface area contributed by atoms with Gasteiger partial charge in [0.2, 0.25) is 0 Å². The second-order valence-corrected chi connectivity index (χ2v) is 6.57. The summed E-state index contributed by atoms with van der Waals surface area (Å²) >= 11 is 3.36. The maximum absolute atomic E-state index is 12.6. The molecule has 1 aromatic carbocycles. The summed E-state index contributed by atoms with van der Waals surface area (Å²) in [5.41, 5.74) is 1.95. The number of amides is 2. The van der Waals surface area contributed by atoms with Gasteiger partial charge in [0.05, 0.1) is 22.9 Å². The Labute approximate surface area is 158 Å².